The summed E-state index contributed by atoms with van der Waals surface area (Å²) >= 11 is 0. The van der Waals surface area contributed by atoms with Crippen LogP contribution in [0.1, 0.15) is 22.3 Å². The van der Waals surface area contributed by atoms with Gasteiger partial charge < -0.3 is 5.73 Å². The van der Waals surface area contributed by atoms with Gasteiger partial charge in [0.25, 0.3) is 0 Å². The lowest BCUT2D eigenvalue weighted by atomic mass is 10.1. The summed E-state index contributed by atoms with van der Waals surface area (Å²) in [5.74, 6) is 0.539. The van der Waals surface area contributed by atoms with E-state index in [1.165, 1.54) is 5.56 Å². The maximum Gasteiger partial charge on any atom is 0.0576 e. The van der Waals surface area contributed by atoms with Gasteiger partial charge in [0.2, 0.25) is 0 Å². The first-order chi connectivity index (χ1) is 9.10. The van der Waals surface area contributed by atoms with Crippen LogP contribution >= 0.6 is 0 Å². The molecule has 0 saturated carbocycles. The molecule has 0 bridgehead atoms. The molecule has 19 heavy (non-hydrogen) atoms. The Morgan fingerprint density at radius 3 is 2.47 bits per heavy atom. The quantitative estimate of drug-likeness (QED) is 0.930. The Kier molecular flexibility index (Phi) is 4.51. The Morgan fingerprint density at radius 2 is 1.79 bits per heavy atom. The molecular formula is C16H19NOS. The summed E-state index contributed by atoms with van der Waals surface area (Å²) in [6, 6.07) is 14.0. The fraction of sp³-hybridized carbons (Fsp3) is 0.250. The molecule has 2 aromatic carbocycles. The molecule has 2 nitrogen and oxygen atoms in total. The number of hydrogen-bond acceptors (Lipinski definition) is 2. The monoisotopic (exact) mass is 273 g/mol. The van der Waals surface area contributed by atoms with Crippen LogP contribution in [0.15, 0.2) is 47.4 Å². The molecule has 2 N–H and O–H groups in total. The summed E-state index contributed by atoms with van der Waals surface area (Å²) in [6.07, 6.45) is 0. The van der Waals surface area contributed by atoms with Crippen molar-refractivity contribution in [1.82, 2.24) is 0 Å². The maximum atomic E-state index is 12.4. The molecule has 0 spiro atoms. The Hall–Kier alpha value is -1.45. The van der Waals surface area contributed by atoms with E-state index in [0.29, 0.717) is 12.3 Å². The van der Waals surface area contributed by atoms with Gasteiger partial charge in [-0.1, -0.05) is 42.0 Å². The van der Waals surface area contributed by atoms with Gasteiger partial charge in [-0.05, 0) is 36.6 Å². The summed E-state index contributed by atoms with van der Waals surface area (Å²) in [4.78, 5) is 0.920. The first-order valence-electron chi connectivity index (χ1n) is 6.33. The summed E-state index contributed by atoms with van der Waals surface area (Å²) in [5, 5.41) is 0. The number of aryl methyl sites for hydroxylation is 2. The molecule has 100 valence electrons. The lowest BCUT2D eigenvalue weighted by Gasteiger charge is -2.08. The number of benzene rings is 2. The third-order valence-electron chi connectivity index (χ3n) is 3.10. The molecule has 3 heteroatoms. The van der Waals surface area contributed by atoms with Crippen LogP contribution in [-0.2, 0) is 23.1 Å². The van der Waals surface area contributed by atoms with E-state index in [9.17, 15) is 4.21 Å². The lowest BCUT2D eigenvalue weighted by molar-refractivity contribution is 0.682. The largest absolute Gasteiger partial charge is 0.326 e. The highest BCUT2D eigenvalue weighted by Gasteiger charge is 2.08. The molecule has 0 radical (unpaired) electrons. The van der Waals surface area contributed by atoms with E-state index in [1.807, 2.05) is 50.2 Å². The van der Waals surface area contributed by atoms with Crippen molar-refractivity contribution in [3.05, 3.63) is 64.7 Å². The second-order valence-corrected chi connectivity index (χ2v) is 6.20. The van der Waals surface area contributed by atoms with Gasteiger partial charge in [-0.25, -0.2) is 0 Å². The average molecular weight is 273 g/mol. The van der Waals surface area contributed by atoms with Crippen LogP contribution in [0.4, 0.5) is 0 Å². The lowest BCUT2D eigenvalue weighted by Crippen LogP contribution is -2.01. The second kappa shape index (κ2) is 6.13. The standard InChI is InChI=1S/C16H19NOS/c1-12-6-7-16(13(2)8-12)19(18)11-15-5-3-4-14(9-15)10-17/h3-9H,10-11,17H2,1-2H3. The van der Waals surface area contributed by atoms with Crippen LogP contribution < -0.4 is 5.73 Å². The predicted molar refractivity (Wildman–Crippen MR) is 80.4 cm³/mol. The van der Waals surface area contributed by atoms with Gasteiger partial charge in [0.05, 0.1) is 16.6 Å². The van der Waals surface area contributed by atoms with Crippen molar-refractivity contribution >= 4 is 10.8 Å². The van der Waals surface area contributed by atoms with Gasteiger partial charge in [0, 0.05) is 11.4 Å². The molecule has 0 aliphatic carbocycles. The van der Waals surface area contributed by atoms with E-state index in [2.05, 4.69) is 6.07 Å². The zero-order chi connectivity index (χ0) is 13.8. The molecule has 2 aromatic rings. The topological polar surface area (TPSA) is 43.1 Å². The first kappa shape index (κ1) is 14.0. The molecule has 0 aromatic heterocycles. The maximum absolute atomic E-state index is 12.4. The molecule has 2 rings (SSSR count). The van der Waals surface area contributed by atoms with Crippen LogP contribution in [0, 0.1) is 13.8 Å². The Labute approximate surface area is 117 Å². The van der Waals surface area contributed by atoms with Gasteiger partial charge in [-0.3, -0.25) is 4.21 Å². The van der Waals surface area contributed by atoms with E-state index < -0.39 is 10.8 Å². The molecule has 1 unspecified atom stereocenters. The highest BCUT2D eigenvalue weighted by atomic mass is 32.2. The van der Waals surface area contributed by atoms with Crippen LogP contribution in [-0.4, -0.2) is 4.21 Å². The SMILES string of the molecule is Cc1ccc(S(=O)Cc2cccc(CN)c2)c(C)c1. The van der Waals surface area contributed by atoms with Crippen molar-refractivity contribution in [2.24, 2.45) is 5.73 Å². The molecule has 0 aliphatic rings. The summed E-state index contributed by atoms with van der Waals surface area (Å²) in [5.41, 5.74) is 10.1. The minimum Gasteiger partial charge on any atom is -0.326 e. The molecule has 0 amide bonds. The fourth-order valence-electron chi connectivity index (χ4n) is 2.13. The zero-order valence-electron chi connectivity index (χ0n) is 11.3. The molecule has 1 atom stereocenters. The first-order valence-corrected chi connectivity index (χ1v) is 7.65. The average Bonchev–Trinajstić information content (AvgIpc) is 2.38. The van der Waals surface area contributed by atoms with E-state index in [0.717, 1.165) is 21.6 Å². The molecule has 0 aliphatic heterocycles. The van der Waals surface area contributed by atoms with Crippen LogP contribution in [0.3, 0.4) is 0 Å². The zero-order valence-corrected chi connectivity index (χ0v) is 12.2. The molecule has 0 fully saturated rings. The van der Waals surface area contributed by atoms with Gasteiger partial charge in [-0.2, -0.15) is 0 Å². The van der Waals surface area contributed by atoms with E-state index >= 15 is 0 Å². The van der Waals surface area contributed by atoms with Gasteiger partial charge in [0.1, 0.15) is 0 Å². The molecular weight excluding hydrogens is 254 g/mol. The third-order valence-corrected chi connectivity index (χ3v) is 4.64. The second-order valence-electron chi connectivity index (χ2n) is 4.78. The van der Waals surface area contributed by atoms with Crippen LogP contribution in [0.2, 0.25) is 0 Å². The minimum absolute atomic E-state index is 0.518. The van der Waals surface area contributed by atoms with Gasteiger partial charge >= 0.3 is 0 Å². The Balaban J connectivity index is 2.20. The van der Waals surface area contributed by atoms with E-state index in [-0.39, 0.29) is 0 Å². The Bertz CT molecular complexity index is 607. The number of nitrogens with two attached hydrogens (primary N) is 1. The van der Waals surface area contributed by atoms with Gasteiger partial charge in [-0.15, -0.1) is 0 Å². The minimum atomic E-state index is -1.01. The highest BCUT2D eigenvalue weighted by Crippen LogP contribution is 2.18. The van der Waals surface area contributed by atoms with Crippen molar-refractivity contribution in [2.45, 2.75) is 31.0 Å². The molecule has 0 heterocycles. The summed E-state index contributed by atoms with van der Waals surface area (Å²) in [7, 11) is -1.01. The van der Waals surface area contributed by atoms with Crippen molar-refractivity contribution in [1.29, 1.82) is 0 Å². The highest BCUT2D eigenvalue weighted by molar-refractivity contribution is 7.84. The van der Waals surface area contributed by atoms with Crippen LogP contribution in [0.25, 0.3) is 0 Å². The van der Waals surface area contributed by atoms with Crippen molar-refractivity contribution in [3.8, 4) is 0 Å². The van der Waals surface area contributed by atoms with Crippen LogP contribution in [0.5, 0.6) is 0 Å². The van der Waals surface area contributed by atoms with Gasteiger partial charge in [0.15, 0.2) is 0 Å². The van der Waals surface area contributed by atoms with Crippen molar-refractivity contribution in [3.63, 3.8) is 0 Å². The fourth-order valence-corrected chi connectivity index (χ4v) is 3.41. The number of rotatable bonds is 4. The molecule has 0 saturated heterocycles. The van der Waals surface area contributed by atoms with E-state index in [4.69, 9.17) is 5.73 Å². The third kappa shape index (κ3) is 3.52. The normalized spacial score (nSPS) is 12.4. The summed E-state index contributed by atoms with van der Waals surface area (Å²) in [6.45, 7) is 4.57. The number of hydrogen-bond donors (Lipinski definition) is 1. The van der Waals surface area contributed by atoms with Crippen molar-refractivity contribution < 1.29 is 4.21 Å². The Morgan fingerprint density at radius 1 is 1.05 bits per heavy atom. The van der Waals surface area contributed by atoms with Crippen molar-refractivity contribution in [2.75, 3.05) is 0 Å². The predicted octanol–water partition coefficient (Wildman–Crippen LogP) is 3.07. The van der Waals surface area contributed by atoms with E-state index in [1.54, 1.807) is 0 Å². The summed E-state index contributed by atoms with van der Waals surface area (Å²) < 4.78 is 12.4. The smallest absolute Gasteiger partial charge is 0.0576 e.